The molecule has 0 bridgehead atoms. The van der Waals surface area contributed by atoms with Crippen LogP contribution >= 0.6 is 0 Å². The molecule has 6 rings (SSSR count). The third-order valence-corrected chi connectivity index (χ3v) is 5.90. The van der Waals surface area contributed by atoms with E-state index < -0.39 is 0 Å². The van der Waals surface area contributed by atoms with Crippen LogP contribution in [-0.2, 0) is 39.8 Å². The first kappa shape index (κ1) is 18.5. The van der Waals surface area contributed by atoms with Gasteiger partial charge in [0.1, 0.15) is 0 Å². The summed E-state index contributed by atoms with van der Waals surface area (Å²) in [4.78, 5) is 0. The number of fused-ring (bicyclic) bond motifs is 6. The largest absolute Gasteiger partial charge is 0.343 e. The van der Waals surface area contributed by atoms with E-state index in [0.29, 0.717) is 0 Å². The van der Waals surface area contributed by atoms with Crippen molar-refractivity contribution >= 4 is 43.4 Å². The molecule has 29 heavy (non-hydrogen) atoms. The Hall–Kier alpha value is -2.48. The van der Waals surface area contributed by atoms with Crippen LogP contribution in [0, 0.1) is 6.07 Å². The van der Waals surface area contributed by atoms with Crippen molar-refractivity contribution in [1.82, 2.24) is 4.57 Å². The fourth-order valence-electron chi connectivity index (χ4n) is 4.65. The number of nitrogens with zero attached hydrogens (tertiary/aromatic N) is 1. The van der Waals surface area contributed by atoms with E-state index in [-0.39, 0.29) is 32.7 Å². The number of hydrogen-bond acceptors (Lipinski definition) is 0. The zero-order valence-corrected chi connectivity index (χ0v) is 19.0. The second kappa shape index (κ2) is 7.09. The van der Waals surface area contributed by atoms with Crippen molar-refractivity contribution in [2.45, 2.75) is 0 Å². The molecule has 0 saturated heterocycles. The van der Waals surface area contributed by atoms with Gasteiger partial charge in [-0.15, -0.1) is 41.1 Å². The van der Waals surface area contributed by atoms with Crippen LogP contribution in [-0.4, -0.2) is 4.57 Å². The number of aromatic nitrogens is 1. The van der Waals surface area contributed by atoms with E-state index in [1.54, 1.807) is 0 Å². The number of rotatable bonds is 1. The van der Waals surface area contributed by atoms with Crippen molar-refractivity contribution in [2.24, 2.45) is 7.05 Å². The molecule has 0 atom stereocenters. The predicted molar refractivity (Wildman–Crippen MR) is 120 cm³/mol. The first-order valence-corrected chi connectivity index (χ1v) is 9.61. The van der Waals surface area contributed by atoms with Crippen molar-refractivity contribution in [1.29, 1.82) is 0 Å². The van der Waals surface area contributed by atoms with Gasteiger partial charge in [-0.05, 0) is 23.1 Å². The zero-order chi connectivity index (χ0) is 18.7. The molecule has 2 heteroatoms. The monoisotopic (exact) mass is 445 g/mol. The Bertz CT molecular complexity index is 1520. The first-order chi connectivity index (χ1) is 13.8. The van der Waals surface area contributed by atoms with Crippen LogP contribution in [0.4, 0.5) is 0 Å². The minimum absolute atomic E-state index is 0. The van der Waals surface area contributed by atoms with E-state index in [9.17, 15) is 0 Å². The fraction of sp³-hybridized carbons (Fsp3) is 0.0370. The van der Waals surface area contributed by atoms with Crippen LogP contribution in [0.5, 0.6) is 0 Å². The van der Waals surface area contributed by atoms with E-state index in [4.69, 9.17) is 0 Å². The average molecular weight is 445 g/mol. The van der Waals surface area contributed by atoms with Crippen LogP contribution in [0.2, 0.25) is 0 Å². The van der Waals surface area contributed by atoms with E-state index in [2.05, 4.69) is 103 Å². The van der Waals surface area contributed by atoms with E-state index in [0.717, 1.165) is 5.39 Å². The summed E-state index contributed by atoms with van der Waals surface area (Å²) in [5, 5.41) is 7.60. The van der Waals surface area contributed by atoms with Gasteiger partial charge in [0.2, 0.25) is 0 Å². The van der Waals surface area contributed by atoms with Crippen molar-refractivity contribution in [3.63, 3.8) is 0 Å². The fourth-order valence-corrected chi connectivity index (χ4v) is 4.65. The minimum Gasteiger partial charge on any atom is -0.343 e. The van der Waals surface area contributed by atoms with Gasteiger partial charge in [-0.2, -0.15) is 0 Å². The molecule has 0 aliphatic rings. The van der Waals surface area contributed by atoms with Crippen molar-refractivity contribution in [2.75, 3.05) is 0 Å². The standard InChI is InChI=1S/C27H18N.Y/c1-28-26-16-7-6-13-22(26)25-17-24(21-12-4-5-14-23(21)27(25)28)20-15-8-10-18-9-2-3-11-19(18)20;/h2-9,11-17H,1H3;/q-1;. The van der Waals surface area contributed by atoms with Gasteiger partial charge in [-0.3, -0.25) is 0 Å². The average Bonchev–Trinajstić information content (AvgIpc) is 3.05. The number of hydrogen-bond donors (Lipinski definition) is 0. The zero-order valence-electron chi connectivity index (χ0n) is 16.2. The Morgan fingerprint density at radius 3 is 2.10 bits per heavy atom. The van der Waals surface area contributed by atoms with Crippen molar-refractivity contribution in [3.05, 3.63) is 97.1 Å². The summed E-state index contributed by atoms with van der Waals surface area (Å²) in [7, 11) is 2.17. The first-order valence-electron chi connectivity index (χ1n) is 9.61. The Kier molecular flexibility index (Phi) is 4.54. The molecule has 0 amide bonds. The molecule has 1 nitrogen and oxygen atoms in total. The Morgan fingerprint density at radius 2 is 1.28 bits per heavy atom. The molecule has 0 aliphatic carbocycles. The van der Waals surface area contributed by atoms with Gasteiger partial charge in [-0.1, -0.05) is 60.2 Å². The van der Waals surface area contributed by atoms with Crippen LogP contribution in [0.1, 0.15) is 0 Å². The molecule has 6 aromatic rings. The normalized spacial score (nSPS) is 11.3. The van der Waals surface area contributed by atoms with Gasteiger partial charge in [0.25, 0.3) is 0 Å². The molecule has 1 aromatic heterocycles. The summed E-state index contributed by atoms with van der Waals surface area (Å²) in [5.74, 6) is 0. The van der Waals surface area contributed by atoms with Gasteiger partial charge < -0.3 is 4.57 Å². The Morgan fingerprint density at radius 1 is 0.621 bits per heavy atom. The van der Waals surface area contributed by atoms with Gasteiger partial charge in [0.15, 0.2) is 0 Å². The van der Waals surface area contributed by atoms with Crippen LogP contribution in [0.3, 0.4) is 0 Å². The Labute approximate surface area is 194 Å². The molecule has 0 spiro atoms. The number of para-hydroxylation sites is 1. The molecule has 0 aliphatic heterocycles. The second-order valence-corrected chi connectivity index (χ2v) is 7.38. The van der Waals surface area contributed by atoms with Crippen molar-refractivity contribution < 1.29 is 32.7 Å². The molecule has 0 saturated carbocycles. The smallest absolute Gasteiger partial charge is 0.0568 e. The van der Waals surface area contributed by atoms with E-state index in [1.807, 2.05) is 6.07 Å². The molecule has 135 valence electrons. The molecular formula is C27H18NY-. The van der Waals surface area contributed by atoms with Gasteiger partial charge in [0, 0.05) is 61.4 Å². The number of aryl methyl sites for hydroxylation is 1. The maximum atomic E-state index is 3.38. The summed E-state index contributed by atoms with van der Waals surface area (Å²) < 4.78 is 2.33. The van der Waals surface area contributed by atoms with E-state index in [1.165, 1.54) is 49.1 Å². The molecular weight excluding hydrogens is 427 g/mol. The summed E-state index contributed by atoms with van der Waals surface area (Å²) in [5.41, 5.74) is 5.11. The summed E-state index contributed by atoms with van der Waals surface area (Å²) in [6.45, 7) is 0. The summed E-state index contributed by atoms with van der Waals surface area (Å²) in [6.07, 6.45) is 0. The maximum Gasteiger partial charge on any atom is 0.0568 e. The van der Waals surface area contributed by atoms with Crippen LogP contribution in [0.15, 0.2) is 91.0 Å². The Balaban J connectivity index is 0.00000181. The third kappa shape index (κ3) is 2.69. The topological polar surface area (TPSA) is 4.93 Å². The quantitative estimate of drug-likeness (QED) is 0.238. The third-order valence-electron chi connectivity index (χ3n) is 5.90. The van der Waals surface area contributed by atoms with Gasteiger partial charge in [0.05, 0.1) is 5.52 Å². The minimum atomic E-state index is 0. The molecule has 0 unspecified atom stereocenters. The second-order valence-electron chi connectivity index (χ2n) is 7.38. The molecule has 0 N–H and O–H groups in total. The van der Waals surface area contributed by atoms with Crippen molar-refractivity contribution in [3.8, 4) is 11.1 Å². The molecule has 0 fully saturated rings. The predicted octanol–water partition coefficient (Wildman–Crippen LogP) is 7.10. The van der Waals surface area contributed by atoms with Gasteiger partial charge >= 0.3 is 0 Å². The van der Waals surface area contributed by atoms with Crippen LogP contribution in [0.25, 0.3) is 54.5 Å². The van der Waals surface area contributed by atoms with E-state index >= 15 is 0 Å². The maximum absolute atomic E-state index is 3.38. The molecule has 1 radical (unpaired) electrons. The van der Waals surface area contributed by atoms with Crippen LogP contribution < -0.4 is 0 Å². The number of benzene rings is 5. The molecule has 1 heterocycles. The van der Waals surface area contributed by atoms with Gasteiger partial charge in [-0.25, -0.2) is 0 Å². The summed E-state index contributed by atoms with van der Waals surface area (Å²) in [6, 6.07) is 36.0. The summed E-state index contributed by atoms with van der Waals surface area (Å²) >= 11 is 0. The molecule has 5 aromatic carbocycles. The SMILES string of the molecule is Cn1c2ccccc2c2cc(-c3cc[c-]c4ccccc34)c3ccccc3c21.[Y].